The third kappa shape index (κ3) is 4.29. The minimum atomic E-state index is 0.440. The molecular weight excluding hydrogens is 262 g/mol. The monoisotopic (exact) mass is 283 g/mol. The molecule has 2 rings (SSSR count). The van der Waals surface area contributed by atoms with Gasteiger partial charge in [0.25, 0.3) is 0 Å². The summed E-state index contributed by atoms with van der Waals surface area (Å²) in [4.78, 5) is 0. The van der Waals surface area contributed by atoms with Gasteiger partial charge in [0.2, 0.25) is 0 Å². The van der Waals surface area contributed by atoms with Gasteiger partial charge in [-0.15, -0.1) is 0 Å². The topological polar surface area (TPSA) is 30.5 Å². The maximum atomic E-state index is 6.30. The van der Waals surface area contributed by atoms with Crippen LogP contribution in [-0.4, -0.2) is 19.8 Å². The molecule has 0 saturated heterocycles. The number of hydrogen-bond donors (Lipinski definition) is 1. The van der Waals surface area contributed by atoms with E-state index >= 15 is 0 Å². The second-order valence-corrected chi connectivity index (χ2v) is 5.81. The predicted octanol–water partition coefficient (Wildman–Crippen LogP) is 3.64. The van der Waals surface area contributed by atoms with Crippen molar-refractivity contribution in [3.8, 4) is 11.5 Å². The van der Waals surface area contributed by atoms with Crippen molar-refractivity contribution in [2.75, 3.05) is 13.7 Å². The molecule has 1 aliphatic carbocycles. The molecular formula is C15H22ClNO2. The number of halogens is 1. The van der Waals surface area contributed by atoms with E-state index in [1.54, 1.807) is 7.11 Å². The smallest absolute Gasteiger partial charge is 0.179 e. The summed E-state index contributed by atoms with van der Waals surface area (Å²) in [5.41, 5.74) is 1.11. The largest absolute Gasteiger partial charge is 0.493 e. The Morgan fingerprint density at radius 1 is 1.37 bits per heavy atom. The van der Waals surface area contributed by atoms with Gasteiger partial charge in [-0.25, -0.2) is 0 Å². The van der Waals surface area contributed by atoms with Crippen molar-refractivity contribution in [2.24, 2.45) is 5.92 Å². The molecule has 1 N–H and O–H groups in total. The molecule has 1 saturated carbocycles. The zero-order chi connectivity index (χ0) is 13.8. The van der Waals surface area contributed by atoms with Gasteiger partial charge in [-0.05, 0) is 36.5 Å². The summed E-state index contributed by atoms with van der Waals surface area (Å²) in [6, 6.07) is 4.38. The summed E-state index contributed by atoms with van der Waals surface area (Å²) < 4.78 is 11.2. The standard InChI is InChI=1S/C15H22ClNO2/c1-10(2)17-8-12-6-13(16)15(14(7-12)18-3)19-9-11-4-5-11/h6-7,10-11,17H,4-5,8-9H2,1-3H3. The Morgan fingerprint density at radius 3 is 2.68 bits per heavy atom. The summed E-state index contributed by atoms with van der Waals surface area (Å²) in [7, 11) is 1.65. The third-order valence-corrected chi connectivity index (χ3v) is 3.44. The van der Waals surface area contributed by atoms with Gasteiger partial charge in [0.1, 0.15) is 0 Å². The maximum Gasteiger partial charge on any atom is 0.179 e. The van der Waals surface area contributed by atoms with Gasteiger partial charge >= 0.3 is 0 Å². The van der Waals surface area contributed by atoms with Crippen LogP contribution in [0.1, 0.15) is 32.3 Å². The molecule has 0 atom stereocenters. The minimum absolute atomic E-state index is 0.440. The zero-order valence-corrected chi connectivity index (χ0v) is 12.6. The first-order chi connectivity index (χ1) is 9.10. The molecule has 1 aromatic rings. The Labute approximate surface area is 120 Å². The lowest BCUT2D eigenvalue weighted by atomic mass is 10.2. The fourth-order valence-electron chi connectivity index (χ4n) is 1.82. The van der Waals surface area contributed by atoms with Crippen molar-refractivity contribution in [2.45, 2.75) is 39.3 Å². The van der Waals surface area contributed by atoms with Gasteiger partial charge in [0.15, 0.2) is 11.5 Å². The van der Waals surface area contributed by atoms with Crippen LogP contribution < -0.4 is 14.8 Å². The first-order valence-corrected chi connectivity index (χ1v) is 7.20. The van der Waals surface area contributed by atoms with E-state index in [9.17, 15) is 0 Å². The molecule has 0 amide bonds. The lowest BCUT2D eigenvalue weighted by molar-refractivity contribution is 0.280. The average molecular weight is 284 g/mol. The molecule has 0 spiro atoms. The second-order valence-electron chi connectivity index (χ2n) is 5.40. The van der Waals surface area contributed by atoms with Gasteiger partial charge in [-0.2, -0.15) is 0 Å². The van der Waals surface area contributed by atoms with E-state index in [0.717, 1.165) is 18.7 Å². The molecule has 106 valence electrons. The molecule has 3 nitrogen and oxygen atoms in total. The van der Waals surface area contributed by atoms with Gasteiger partial charge in [-0.3, -0.25) is 0 Å². The molecule has 0 aromatic heterocycles. The molecule has 0 unspecified atom stereocenters. The fraction of sp³-hybridized carbons (Fsp3) is 0.600. The Kier molecular flexibility index (Phi) is 4.94. The number of hydrogen-bond acceptors (Lipinski definition) is 3. The quantitative estimate of drug-likeness (QED) is 0.829. The third-order valence-electron chi connectivity index (χ3n) is 3.16. The number of ether oxygens (including phenoxy) is 2. The van der Waals surface area contributed by atoms with Gasteiger partial charge < -0.3 is 14.8 Å². The summed E-state index contributed by atoms with van der Waals surface area (Å²) in [5, 5.41) is 3.99. The van der Waals surface area contributed by atoms with Gasteiger partial charge in [-0.1, -0.05) is 25.4 Å². The van der Waals surface area contributed by atoms with E-state index in [0.29, 0.717) is 28.5 Å². The number of nitrogens with one attached hydrogen (secondary N) is 1. The van der Waals surface area contributed by atoms with E-state index < -0.39 is 0 Å². The van der Waals surface area contributed by atoms with Crippen LogP contribution >= 0.6 is 11.6 Å². The fourth-order valence-corrected chi connectivity index (χ4v) is 2.11. The van der Waals surface area contributed by atoms with E-state index in [1.165, 1.54) is 12.8 Å². The summed E-state index contributed by atoms with van der Waals surface area (Å²) >= 11 is 6.30. The molecule has 0 aliphatic heterocycles. The van der Waals surface area contributed by atoms with Gasteiger partial charge in [0.05, 0.1) is 18.7 Å². The first kappa shape index (κ1) is 14.5. The molecule has 1 aromatic carbocycles. The highest BCUT2D eigenvalue weighted by atomic mass is 35.5. The van der Waals surface area contributed by atoms with Crippen LogP contribution in [0.4, 0.5) is 0 Å². The van der Waals surface area contributed by atoms with Crippen molar-refractivity contribution in [3.63, 3.8) is 0 Å². The Hall–Kier alpha value is -0.930. The summed E-state index contributed by atoms with van der Waals surface area (Å²) in [6.45, 7) is 5.74. The van der Waals surface area contributed by atoms with E-state index in [2.05, 4.69) is 19.2 Å². The average Bonchev–Trinajstić information content (AvgIpc) is 3.18. The van der Waals surface area contributed by atoms with Crippen molar-refractivity contribution in [1.82, 2.24) is 5.32 Å². The number of rotatable bonds is 7. The molecule has 4 heteroatoms. The number of benzene rings is 1. The van der Waals surface area contributed by atoms with Crippen molar-refractivity contribution in [3.05, 3.63) is 22.7 Å². The zero-order valence-electron chi connectivity index (χ0n) is 11.8. The van der Waals surface area contributed by atoms with E-state index in [4.69, 9.17) is 21.1 Å². The first-order valence-electron chi connectivity index (χ1n) is 6.82. The highest BCUT2D eigenvalue weighted by molar-refractivity contribution is 6.32. The van der Waals surface area contributed by atoms with Crippen LogP contribution in [0.5, 0.6) is 11.5 Å². The normalized spacial score (nSPS) is 14.8. The van der Waals surface area contributed by atoms with Crippen LogP contribution in [-0.2, 0) is 6.54 Å². The molecule has 0 bridgehead atoms. The van der Waals surface area contributed by atoms with Gasteiger partial charge in [0, 0.05) is 12.6 Å². The SMILES string of the molecule is COc1cc(CNC(C)C)cc(Cl)c1OCC1CC1. The summed E-state index contributed by atoms with van der Waals surface area (Å²) in [6.07, 6.45) is 2.52. The van der Waals surface area contributed by atoms with Crippen molar-refractivity contribution in [1.29, 1.82) is 0 Å². The molecule has 19 heavy (non-hydrogen) atoms. The predicted molar refractivity (Wildman–Crippen MR) is 78.2 cm³/mol. The Bertz CT molecular complexity index is 430. The van der Waals surface area contributed by atoms with Crippen LogP contribution in [0.2, 0.25) is 5.02 Å². The Morgan fingerprint density at radius 2 is 2.11 bits per heavy atom. The highest BCUT2D eigenvalue weighted by Crippen LogP contribution is 2.38. The molecule has 1 fully saturated rings. The van der Waals surface area contributed by atoms with E-state index in [1.807, 2.05) is 12.1 Å². The van der Waals surface area contributed by atoms with Crippen LogP contribution in [0.25, 0.3) is 0 Å². The van der Waals surface area contributed by atoms with Crippen LogP contribution in [0.3, 0.4) is 0 Å². The lowest BCUT2D eigenvalue weighted by Gasteiger charge is -2.15. The van der Waals surface area contributed by atoms with E-state index in [-0.39, 0.29) is 0 Å². The molecule has 0 heterocycles. The maximum absolute atomic E-state index is 6.30. The molecule has 0 radical (unpaired) electrons. The number of methoxy groups -OCH3 is 1. The second kappa shape index (κ2) is 6.49. The minimum Gasteiger partial charge on any atom is -0.493 e. The van der Waals surface area contributed by atoms with Crippen LogP contribution in [0, 0.1) is 5.92 Å². The van der Waals surface area contributed by atoms with Crippen molar-refractivity contribution >= 4 is 11.6 Å². The summed E-state index contributed by atoms with van der Waals surface area (Å²) in [5.74, 6) is 2.08. The lowest BCUT2D eigenvalue weighted by Crippen LogP contribution is -2.21. The highest BCUT2D eigenvalue weighted by Gasteiger charge is 2.23. The molecule has 1 aliphatic rings. The Balaban J connectivity index is 2.08. The van der Waals surface area contributed by atoms with Crippen molar-refractivity contribution < 1.29 is 9.47 Å². The van der Waals surface area contributed by atoms with Crippen LogP contribution in [0.15, 0.2) is 12.1 Å².